The van der Waals surface area contributed by atoms with Gasteiger partial charge < -0.3 is 4.42 Å². The van der Waals surface area contributed by atoms with E-state index in [1.807, 2.05) is 23.6 Å². The van der Waals surface area contributed by atoms with E-state index in [0.717, 1.165) is 4.88 Å². The van der Waals surface area contributed by atoms with Crippen LogP contribution in [-0.2, 0) is 0 Å². The Morgan fingerprint density at radius 1 is 1.07 bits per heavy atom. The summed E-state index contributed by atoms with van der Waals surface area (Å²) in [5.74, 6) is 0.0688. The first kappa shape index (κ1) is 8.68. The Balaban J connectivity index is 2.33. The quantitative estimate of drug-likeness (QED) is 0.593. The van der Waals surface area contributed by atoms with Gasteiger partial charge in [0.05, 0.1) is 10.3 Å². The second kappa shape index (κ2) is 3.21. The first-order valence-corrected chi connectivity index (χ1v) is 5.45. The van der Waals surface area contributed by atoms with Crippen molar-refractivity contribution in [3.05, 3.63) is 47.6 Å². The molecule has 0 aliphatic rings. The smallest absolute Gasteiger partial charge is 0.180 e. The number of halogens is 1. The summed E-state index contributed by atoms with van der Waals surface area (Å²) in [6, 6.07) is 10.9. The molecule has 0 aliphatic carbocycles. The van der Waals surface area contributed by atoms with E-state index in [4.69, 9.17) is 4.42 Å². The van der Waals surface area contributed by atoms with Gasteiger partial charge in [0.15, 0.2) is 11.6 Å². The molecule has 0 radical (unpaired) electrons. The van der Waals surface area contributed by atoms with Crippen LogP contribution in [0, 0.1) is 5.82 Å². The summed E-state index contributed by atoms with van der Waals surface area (Å²) in [7, 11) is 0. The van der Waals surface area contributed by atoms with Crippen LogP contribution in [0.4, 0.5) is 4.39 Å². The van der Waals surface area contributed by atoms with Gasteiger partial charge in [-0.1, -0.05) is 18.2 Å². The van der Waals surface area contributed by atoms with Crippen LogP contribution in [-0.4, -0.2) is 0 Å². The number of hydrogen-bond donors (Lipinski definition) is 0. The van der Waals surface area contributed by atoms with Gasteiger partial charge >= 0.3 is 0 Å². The molecule has 3 aromatic rings. The van der Waals surface area contributed by atoms with Gasteiger partial charge in [0.25, 0.3) is 0 Å². The summed E-state index contributed by atoms with van der Waals surface area (Å²) in [5.41, 5.74) is 0.596. The molecule has 74 valence electrons. The zero-order valence-electron chi connectivity index (χ0n) is 7.74. The third-order valence-corrected chi connectivity index (χ3v) is 3.15. The lowest BCUT2D eigenvalue weighted by atomic mass is 10.2. The average Bonchev–Trinajstić information content (AvgIpc) is 2.87. The maximum absolute atomic E-state index is 13.9. The van der Waals surface area contributed by atoms with E-state index in [1.54, 1.807) is 18.2 Å². The molecule has 0 saturated carbocycles. The molecule has 3 heteroatoms. The summed E-state index contributed by atoms with van der Waals surface area (Å²) in [6.07, 6.45) is 0. The van der Waals surface area contributed by atoms with Gasteiger partial charge in [-0.2, -0.15) is 0 Å². The lowest BCUT2D eigenvalue weighted by Crippen LogP contribution is -1.72. The van der Waals surface area contributed by atoms with E-state index in [9.17, 15) is 4.39 Å². The second-order valence-corrected chi connectivity index (χ2v) is 4.17. The van der Waals surface area contributed by atoms with Crippen LogP contribution < -0.4 is 0 Å². The molecule has 0 atom stereocenters. The third-order valence-electron chi connectivity index (χ3n) is 2.28. The van der Waals surface area contributed by atoms with Crippen LogP contribution in [0.25, 0.3) is 21.6 Å². The highest BCUT2D eigenvalue weighted by atomic mass is 32.1. The molecular formula is C12H7FOS. The molecule has 0 spiro atoms. The molecule has 15 heavy (non-hydrogen) atoms. The monoisotopic (exact) mass is 218 g/mol. The first-order chi connectivity index (χ1) is 7.36. The fraction of sp³-hybridized carbons (Fsp3) is 0. The summed E-state index contributed by atoms with van der Waals surface area (Å²) >= 11 is 1.47. The number of furan rings is 1. The Labute approximate surface area is 89.8 Å². The van der Waals surface area contributed by atoms with Crippen molar-refractivity contribution in [2.75, 3.05) is 0 Å². The first-order valence-electron chi connectivity index (χ1n) is 4.57. The molecule has 0 saturated heterocycles. The molecule has 0 amide bonds. The molecule has 2 aromatic heterocycles. The van der Waals surface area contributed by atoms with Crippen molar-refractivity contribution in [1.29, 1.82) is 0 Å². The van der Waals surface area contributed by atoms with Crippen molar-refractivity contribution >= 4 is 22.3 Å². The molecule has 2 heterocycles. The van der Waals surface area contributed by atoms with E-state index in [2.05, 4.69) is 0 Å². The highest BCUT2D eigenvalue weighted by Crippen LogP contribution is 2.34. The Morgan fingerprint density at radius 2 is 1.93 bits per heavy atom. The minimum Gasteiger partial charge on any atom is -0.452 e. The number of hydrogen-bond acceptors (Lipinski definition) is 2. The van der Waals surface area contributed by atoms with Crippen LogP contribution in [0.5, 0.6) is 0 Å². The number of fused-ring (bicyclic) bond motifs is 1. The summed E-state index contributed by atoms with van der Waals surface area (Å²) in [4.78, 5) is 0.823. The van der Waals surface area contributed by atoms with E-state index >= 15 is 0 Å². The lowest BCUT2D eigenvalue weighted by molar-refractivity contribution is 0.575. The fourth-order valence-electron chi connectivity index (χ4n) is 1.58. The molecule has 0 fully saturated rings. The minimum atomic E-state index is -0.270. The molecule has 1 aromatic carbocycles. The van der Waals surface area contributed by atoms with Crippen LogP contribution in [0.15, 0.2) is 46.2 Å². The summed E-state index contributed by atoms with van der Waals surface area (Å²) < 4.78 is 19.4. The predicted molar refractivity (Wildman–Crippen MR) is 59.5 cm³/mol. The number of para-hydroxylation sites is 1. The zero-order chi connectivity index (χ0) is 10.3. The van der Waals surface area contributed by atoms with Crippen LogP contribution in [0.3, 0.4) is 0 Å². The second-order valence-electron chi connectivity index (χ2n) is 3.22. The molecular weight excluding hydrogens is 211 g/mol. The van der Waals surface area contributed by atoms with E-state index < -0.39 is 0 Å². The van der Waals surface area contributed by atoms with Gasteiger partial charge in [-0.05, 0) is 23.6 Å². The van der Waals surface area contributed by atoms with Crippen LogP contribution >= 0.6 is 11.3 Å². The summed E-state index contributed by atoms with van der Waals surface area (Å²) in [5, 5.41) is 2.45. The summed E-state index contributed by atoms with van der Waals surface area (Å²) in [6.45, 7) is 0. The fourth-order valence-corrected chi connectivity index (χ4v) is 2.28. The third kappa shape index (κ3) is 1.27. The predicted octanol–water partition coefficient (Wildman–Crippen LogP) is 4.30. The van der Waals surface area contributed by atoms with E-state index in [1.165, 1.54) is 11.3 Å². The maximum Gasteiger partial charge on any atom is 0.180 e. The average molecular weight is 218 g/mol. The Hall–Kier alpha value is -1.61. The normalized spacial score (nSPS) is 11.0. The number of thiophene rings is 1. The van der Waals surface area contributed by atoms with Crippen LogP contribution in [0.1, 0.15) is 0 Å². The van der Waals surface area contributed by atoms with E-state index in [-0.39, 0.29) is 5.82 Å². The Kier molecular flexibility index (Phi) is 1.86. The van der Waals surface area contributed by atoms with Crippen molar-refractivity contribution in [2.45, 2.75) is 0 Å². The SMILES string of the molecule is Fc1c(-c2cccs2)oc2ccccc12. The Morgan fingerprint density at radius 3 is 2.67 bits per heavy atom. The van der Waals surface area contributed by atoms with Gasteiger partial charge in [0.2, 0.25) is 0 Å². The van der Waals surface area contributed by atoms with Gasteiger partial charge in [-0.15, -0.1) is 11.3 Å². The standard InChI is InChI=1S/C12H7FOS/c13-11-8-4-1-2-5-9(8)14-12(11)10-6-3-7-15-10/h1-7H. The number of rotatable bonds is 1. The zero-order valence-corrected chi connectivity index (χ0v) is 8.55. The van der Waals surface area contributed by atoms with Gasteiger partial charge in [-0.3, -0.25) is 0 Å². The van der Waals surface area contributed by atoms with Crippen molar-refractivity contribution in [2.24, 2.45) is 0 Å². The highest BCUT2D eigenvalue weighted by molar-refractivity contribution is 7.13. The Bertz CT molecular complexity index is 595. The molecule has 0 N–H and O–H groups in total. The van der Waals surface area contributed by atoms with Crippen molar-refractivity contribution in [3.63, 3.8) is 0 Å². The highest BCUT2D eigenvalue weighted by Gasteiger charge is 2.15. The molecule has 0 aliphatic heterocycles. The van der Waals surface area contributed by atoms with Gasteiger partial charge in [0, 0.05) is 0 Å². The molecule has 0 bridgehead atoms. The van der Waals surface area contributed by atoms with Gasteiger partial charge in [0.1, 0.15) is 5.58 Å². The van der Waals surface area contributed by atoms with E-state index in [0.29, 0.717) is 16.7 Å². The minimum absolute atomic E-state index is 0.270. The van der Waals surface area contributed by atoms with Gasteiger partial charge in [-0.25, -0.2) is 4.39 Å². The largest absolute Gasteiger partial charge is 0.452 e. The maximum atomic E-state index is 13.9. The number of benzene rings is 1. The van der Waals surface area contributed by atoms with Crippen molar-refractivity contribution in [1.82, 2.24) is 0 Å². The van der Waals surface area contributed by atoms with Crippen LogP contribution in [0.2, 0.25) is 0 Å². The van der Waals surface area contributed by atoms with Crippen molar-refractivity contribution in [3.8, 4) is 10.6 Å². The molecule has 3 rings (SSSR count). The van der Waals surface area contributed by atoms with Crippen molar-refractivity contribution < 1.29 is 8.81 Å². The molecule has 1 nitrogen and oxygen atoms in total. The molecule has 0 unspecified atom stereocenters. The lowest BCUT2D eigenvalue weighted by Gasteiger charge is -1.88. The topological polar surface area (TPSA) is 13.1 Å².